The van der Waals surface area contributed by atoms with Crippen molar-refractivity contribution in [2.45, 2.75) is 17.9 Å². The van der Waals surface area contributed by atoms with Crippen LogP contribution in [-0.2, 0) is 10.0 Å². The Morgan fingerprint density at radius 3 is 2.60 bits per heavy atom. The number of thiocarbonyl (C=S) groups is 1. The second kappa shape index (κ2) is 6.57. The van der Waals surface area contributed by atoms with Gasteiger partial charge in [0.1, 0.15) is 10.8 Å². The Balaban J connectivity index is 2.99. The van der Waals surface area contributed by atoms with Crippen LogP contribution in [0.15, 0.2) is 23.1 Å². The van der Waals surface area contributed by atoms with E-state index in [1.165, 1.54) is 6.07 Å². The molecule has 0 amide bonds. The molecule has 0 aliphatic carbocycles. The van der Waals surface area contributed by atoms with Crippen LogP contribution in [0.5, 0.6) is 0 Å². The SMILES string of the molecule is CC(CNS(=O)(=O)c1ccc(F)c(C(N)=S)c1)N(C)C. The van der Waals surface area contributed by atoms with E-state index in [0.29, 0.717) is 0 Å². The van der Waals surface area contributed by atoms with Crippen LogP contribution < -0.4 is 10.5 Å². The molecule has 0 aliphatic heterocycles. The minimum absolute atomic E-state index is 0.0280. The van der Waals surface area contributed by atoms with Crippen molar-refractivity contribution in [2.75, 3.05) is 20.6 Å². The van der Waals surface area contributed by atoms with Gasteiger partial charge in [-0.2, -0.15) is 0 Å². The number of hydrogen-bond donors (Lipinski definition) is 2. The Bertz CT molecular complexity index is 603. The lowest BCUT2D eigenvalue weighted by atomic mass is 10.2. The predicted molar refractivity (Wildman–Crippen MR) is 80.6 cm³/mol. The number of sulfonamides is 1. The van der Waals surface area contributed by atoms with E-state index in [1.54, 1.807) is 0 Å². The van der Waals surface area contributed by atoms with E-state index in [4.69, 9.17) is 5.73 Å². The number of nitrogens with two attached hydrogens (primary N) is 1. The minimum Gasteiger partial charge on any atom is -0.389 e. The zero-order valence-electron chi connectivity index (χ0n) is 11.6. The Morgan fingerprint density at radius 2 is 2.10 bits per heavy atom. The molecule has 0 saturated carbocycles. The van der Waals surface area contributed by atoms with Gasteiger partial charge >= 0.3 is 0 Å². The van der Waals surface area contributed by atoms with Gasteiger partial charge in [0.05, 0.1) is 4.90 Å². The highest BCUT2D eigenvalue weighted by Crippen LogP contribution is 2.15. The largest absolute Gasteiger partial charge is 0.389 e. The van der Waals surface area contributed by atoms with Crippen LogP contribution in [0.3, 0.4) is 0 Å². The van der Waals surface area contributed by atoms with Gasteiger partial charge in [0.15, 0.2) is 0 Å². The molecule has 0 fully saturated rings. The molecule has 1 rings (SSSR count). The molecule has 1 unspecified atom stereocenters. The second-order valence-electron chi connectivity index (χ2n) is 4.67. The third-order valence-electron chi connectivity index (χ3n) is 2.96. The standard InChI is InChI=1S/C12H18FN3O2S2/c1-8(16(2)3)7-15-20(17,18)9-4-5-11(13)10(6-9)12(14)19/h4-6,8,15H,7H2,1-3H3,(H2,14,19). The zero-order chi connectivity index (χ0) is 15.5. The van der Waals surface area contributed by atoms with Gasteiger partial charge in [0, 0.05) is 18.2 Å². The number of benzene rings is 1. The molecule has 1 atom stereocenters. The summed E-state index contributed by atoms with van der Waals surface area (Å²) in [4.78, 5) is 1.64. The Morgan fingerprint density at radius 1 is 1.50 bits per heavy atom. The summed E-state index contributed by atoms with van der Waals surface area (Å²) < 4.78 is 40.1. The molecule has 1 aromatic rings. The van der Waals surface area contributed by atoms with Crippen molar-refractivity contribution < 1.29 is 12.8 Å². The van der Waals surface area contributed by atoms with Crippen LogP contribution in [0, 0.1) is 5.82 Å². The number of hydrogen-bond acceptors (Lipinski definition) is 4. The summed E-state index contributed by atoms with van der Waals surface area (Å²) in [6, 6.07) is 3.39. The van der Waals surface area contributed by atoms with Gasteiger partial charge in [0.25, 0.3) is 0 Å². The van der Waals surface area contributed by atoms with Crippen molar-refractivity contribution in [1.29, 1.82) is 0 Å². The maximum atomic E-state index is 13.4. The topological polar surface area (TPSA) is 75.4 Å². The first kappa shape index (κ1) is 17.0. The highest BCUT2D eigenvalue weighted by atomic mass is 32.2. The molecule has 8 heteroatoms. The Hall–Kier alpha value is -1.09. The van der Waals surface area contributed by atoms with Gasteiger partial charge in [-0.15, -0.1) is 0 Å². The number of rotatable bonds is 6. The Kier molecular flexibility index (Phi) is 5.58. The Labute approximate surface area is 124 Å². The molecule has 112 valence electrons. The minimum atomic E-state index is -3.72. The molecular formula is C12H18FN3O2S2. The van der Waals surface area contributed by atoms with Gasteiger partial charge in [-0.25, -0.2) is 17.5 Å². The van der Waals surface area contributed by atoms with Crippen molar-refractivity contribution in [1.82, 2.24) is 9.62 Å². The third-order valence-corrected chi connectivity index (χ3v) is 4.61. The summed E-state index contributed by atoms with van der Waals surface area (Å²) in [5.41, 5.74) is 5.28. The molecular weight excluding hydrogens is 301 g/mol. The number of nitrogens with zero attached hydrogens (tertiary/aromatic N) is 1. The molecule has 0 spiro atoms. The first-order chi connectivity index (χ1) is 9.15. The molecule has 1 aromatic carbocycles. The maximum absolute atomic E-state index is 13.4. The fourth-order valence-electron chi connectivity index (χ4n) is 1.36. The van der Waals surface area contributed by atoms with Crippen LogP contribution >= 0.6 is 12.2 Å². The van der Waals surface area contributed by atoms with Gasteiger partial charge in [-0.1, -0.05) is 12.2 Å². The van der Waals surface area contributed by atoms with E-state index < -0.39 is 15.8 Å². The van der Waals surface area contributed by atoms with Crippen molar-refractivity contribution in [3.8, 4) is 0 Å². The summed E-state index contributed by atoms with van der Waals surface area (Å²) >= 11 is 4.69. The fraction of sp³-hybridized carbons (Fsp3) is 0.417. The van der Waals surface area contributed by atoms with Crippen LogP contribution in [0.2, 0.25) is 0 Å². The molecule has 20 heavy (non-hydrogen) atoms. The van der Waals surface area contributed by atoms with Gasteiger partial charge in [-0.05, 0) is 39.2 Å². The van der Waals surface area contributed by atoms with Crippen LogP contribution in [0.25, 0.3) is 0 Å². The molecule has 0 saturated heterocycles. The predicted octanol–water partition coefficient (Wildman–Crippen LogP) is 0.688. The smallest absolute Gasteiger partial charge is 0.240 e. The van der Waals surface area contributed by atoms with Crippen molar-refractivity contribution in [2.24, 2.45) is 5.73 Å². The lowest BCUT2D eigenvalue weighted by molar-refractivity contribution is 0.314. The summed E-state index contributed by atoms with van der Waals surface area (Å²) in [7, 11) is -0.0221. The highest BCUT2D eigenvalue weighted by Gasteiger charge is 2.18. The van der Waals surface area contributed by atoms with E-state index in [9.17, 15) is 12.8 Å². The molecule has 5 nitrogen and oxygen atoms in total. The van der Waals surface area contributed by atoms with E-state index in [0.717, 1.165) is 12.1 Å². The fourth-order valence-corrected chi connectivity index (χ4v) is 2.66. The van der Waals surface area contributed by atoms with Gasteiger partial charge in [-0.3, -0.25) is 0 Å². The summed E-state index contributed by atoms with van der Waals surface area (Å²) in [6.07, 6.45) is 0. The van der Waals surface area contributed by atoms with Crippen molar-refractivity contribution in [3.63, 3.8) is 0 Å². The summed E-state index contributed by atoms with van der Waals surface area (Å²) in [5, 5.41) is 0. The van der Waals surface area contributed by atoms with Crippen LogP contribution in [0.4, 0.5) is 4.39 Å². The van der Waals surface area contributed by atoms with Gasteiger partial charge < -0.3 is 10.6 Å². The van der Waals surface area contributed by atoms with Crippen LogP contribution in [-0.4, -0.2) is 45.0 Å². The maximum Gasteiger partial charge on any atom is 0.240 e. The average Bonchev–Trinajstić information content (AvgIpc) is 2.35. The van der Waals surface area contributed by atoms with Crippen LogP contribution in [0.1, 0.15) is 12.5 Å². The number of likely N-dealkylation sites (N-methyl/N-ethyl adjacent to an activating group) is 1. The zero-order valence-corrected chi connectivity index (χ0v) is 13.2. The first-order valence-corrected chi connectivity index (χ1v) is 7.79. The molecule has 0 heterocycles. The summed E-state index contributed by atoms with van der Waals surface area (Å²) in [6.45, 7) is 2.13. The average molecular weight is 319 g/mol. The molecule has 0 radical (unpaired) electrons. The number of halogens is 1. The van der Waals surface area contributed by atoms with Gasteiger partial charge in [0.2, 0.25) is 10.0 Å². The van der Waals surface area contributed by atoms with E-state index in [-0.39, 0.29) is 28.0 Å². The normalized spacial score (nSPS) is 13.4. The second-order valence-corrected chi connectivity index (χ2v) is 6.88. The van der Waals surface area contributed by atoms with E-state index >= 15 is 0 Å². The van der Waals surface area contributed by atoms with Crippen molar-refractivity contribution >= 4 is 27.2 Å². The molecule has 0 aromatic heterocycles. The molecule has 0 bridgehead atoms. The van der Waals surface area contributed by atoms with Crippen molar-refractivity contribution in [3.05, 3.63) is 29.6 Å². The lowest BCUT2D eigenvalue weighted by Crippen LogP contribution is -2.38. The molecule has 0 aliphatic rings. The third kappa shape index (κ3) is 4.20. The van der Waals surface area contributed by atoms with E-state index in [2.05, 4.69) is 16.9 Å². The number of nitrogens with one attached hydrogen (secondary N) is 1. The quantitative estimate of drug-likeness (QED) is 0.755. The summed E-state index contributed by atoms with van der Waals surface area (Å²) in [5.74, 6) is -0.641. The lowest BCUT2D eigenvalue weighted by Gasteiger charge is -2.20. The van der Waals surface area contributed by atoms with E-state index in [1.807, 2.05) is 25.9 Å². The molecule has 3 N–H and O–H groups in total. The highest BCUT2D eigenvalue weighted by molar-refractivity contribution is 7.89. The first-order valence-electron chi connectivity index (χ1n) is 5.90. The monoisotopic (exact) mass is 319 g/mol.